The largest absolute Gasteiger partial charge is 1.00 e. The van der Waals surface area contributed by atoms with Crippen LogP contribution in [0.1, 0.15) is 317 Å². The van der Waals surface area contributed by atoms with Gasteiger partial charge in [-0.3, -0.25) is 24.0 Å². The molecule has 132 heavy (non-hydrogen) atoms. The van der Waals surface area contributed by atoms with E-state index in [0.29, 0.717) is 106 Å². The minimum absolute atomic E-state index is 0. The predicted molar refractivity (Wildman–Crippen MR) is 509 cm³/mol. The van der Waals surface area contributed by atoms with Gasteiger partial charge in [0.05, 0.1) is 33.6 Å². The van der Waals surface area contributed by atoms with E-state index in [4.69, 9.17) is 34.8 Å². The number of hydrogen-bond acceptors (Lipinski definition) is 19. The molecular weight excluding hydrogens is 1940 g/mol. The van der Waals surface area contributed by atoms with Gasteiger partial charge in [0.2, 0.25) is 0 Å². The number of Topliss-reactive ketones (excluding diaryl/α,β-unsaturated/α-hetero) is 5. The predicted octanol–water partition coefficient (Wildman–Crippen LogP) is 21.9. The van der Waals surface area contributed by atoms with Crippen LogP contribution in [0.2, 0.25) is 48.4 Å². The van der Waals surface area contributed by atoms with E-state index >= 15 is 0 Å². The maximum Gasteiger partial charge on any atom is 1.00 e. The van der Waals surface area contributed by atoms with Crippen molar-refractivity contribution in [1.82, 2.24) is 30.2 Å². The molecule has 36 heteroatoms. The standard InChI is InChI=1S/C17H21F3N2O2.C16H19F3N2O3.C16H20N2O2.C14H17ClN2O.C7H5Cl2NO.C7H13N.C4H9F3Si.3C4H9.C3H5.ClH.Na.H2O.Sn/c1-11(23)12-3-4-13(15(2,24)17(18,19)20)21-14(12)22-9-7-16(5-6-16)8-10-22;1-14(24,16(17,18)19)11-3-2-10(13(22)23)12(20-11)21-8-6-15(4-5-15)7-9-21;1-11(19)13-3-4-14(12(2)20)17-15(13)18-9-7-16(5-6-16)8-10-18;1-10(18)11-2-3-12(15)16-13(11)17-8-6-14(4-5-14)7-9-17;1-4(11)5-2-3-6(8)10-7(5)9;1-2-7(1)3-5-8-6-4-7;1-8(2,3)4(5,6)7;3*1-3-4-2;1-3-2;;;;/h3-4,24H,5-10H2,1-2H3;2-3,24H,4-9H2,1H3,(H,22,23);3-4H,5-10H2,1-2H3;2-3H,4-9H2,1H3;2-3H,1H3;8H,1-6H2;1-3H3;3*1,3-4H2,2H3;1H2,2H3;1H;;1H2;/q;;;;;;;;;;;;+1;;/p-1. The molecule has 5 aliphatic heterocycles. The van der Waals surface area contributed by atoms with E-state index < -0.39 is 73.2 Å². The number of piperidine rings is 5. The molecule has 10 fully saturated rings. The molecule has 5 spiro atoms. The third-order valence-electron chi connectivity index (χ3n) is 28.2. The van der Waals surface area contributed by atoms with Gasteiger partial charge in [0.15, 0.2) is 48.2 Å². The Kier molecular flexibility index (Phi) is 43.7. The van der Waals surface area contributed by atoms with E-state index in [0.717, 1.165) is 94.1 Å². The van der Waals surface area contributed by atoms with Gasteiger partial charge in [-0.05, 0) is 271 Å². The van der Waals surface area contributed by atoms with E-state index in [1.807, 2.05) is 4.90 Å². The van der Waals surface area contributed by atoms with E-state index in [1.54, 1.807) is 66.0 Å². The summed E-state index contributed by atoms with van der Waals surface area (Å²) in [5.41, 5.74) is -2.13. The minimum atomic E-state index is -4.90. The van der Waals surface area contributed by atoms with Crippen LogP contribution >= 0.6 is 47.2 Å². The summed E-state index contributed by atoms with van der Waals surface area (Å²) in [6.45, 7) is 35.2. The molecule has 5 saturated heterocycles. The number of aliphatic hydroxyl groups is 2. The molecule has 0 bridgehead atoms. The Bertz CT molecular complexity index is 4540. The molecule has 5 aromatic rings. The zero-order valence-corrected chi connectivity index (χ0v) is 88.7. The first kappa shape index (κ1) is 117. The van der Waals surface area contributed by atoms with Crippen LogP contribution in [-0.2, 0) is 11.2 Å². The van der Waals surface area contributed by atoms with Crippen molar-refractivity contribution in [3.05, 3.63) is 131 Å². The molecule has 0 radical (unpaired) electrons. The molecule has 732 valence electrons. The van der Waals surface area contributed by atoms with Crippen molar-refractivity contribution in [2.24, 2.45) is 27.1 Å². The van der Waals surface area contributed by atoms with Crippen LogP contribution in [-0.4, -0.2) is 191 Å². The number of aromatic carboxylic acids is 1. The number of hydrogen-bond donors (Lipinski definition) is 4. The molecule has 5 N–H and O–H groups in total. The summed E-state index contributed by atoms with van der Waals surface area (Å²) in [6.07, 6.45) is 23.3. The summed E-state index contributed by atoms with van der Waals surface area (Å²) in [5, 5.41) is 33.3. The number of unbranched alkanes of at least 4 members (excludes halogenated alkanes) is 3. The quantitative estimate of drug-likeness (QED) is 0.0217. The summed E-state index contributed by atoms with van der Waals surface area (Å²) in [5.74, 6) is -3.81. The Morgan fingerprint density at radius 2 is 0.689 bits per heavy atom. The number of halogens is 13. The second-order valence-electron chi connectivity index (χ2n) is 39.2. The number of carboxylic acids is 1. The smallest absolute Gasteiger partial charge is 0.870 e. The number of anilines is 4. The van der Waals surface area contributed by atoms with Gasteiger partial charge in [-0.2, -0.15) is 39.5 Å². The number of allylic oxidation sites excluding steroid dienone is 1. The Labute approximate surface area is 822 Å². The number of nitrogens with zero attached hydrogens (tertiary/aromatic N) is 9. The number of carboxylic acid groups (broad SMARTS) is 1. The van der Waals surface area contributed by atoms with Gasteiger partial charge in [-0.15, -0.1) is 12.4 Å². The van der Waals surface area contributed by atoms with Crippen LogP contribution in [0.25, 0.3) is 0 Å². The molecule has 0 aromatic carbocycles. The van der Waals surface area contributed by atoms with Crippen molar-refractivity contribution in [3.8, 4) is 0 Å². The molecule has 5 aliphatic carbocycles. The first-order valence-corrected chi connectivity index (χ1v) is 58.1. The van der Waals surface area contributed by atoms with Gasteiger partial charge in [0.25, 0.3) is 0 Å². The molecule has 2 unspecified atom stereocenters. The number of alkyl halides is 9. The van der Waals surface area contributed by atoms with Crippen LogP contribution in [0.4, 0.5) is 62.8 Å². The number of ketones is 5. The molecule has 0 amide bonds. The molecular formula is C96H138Cl4F9N10NaO10SiSn. The average Bonchev–Trinajstić information content (AvgIpc) is 1.76. The third kappa shape index (κ3) is 32.5. The van der Waals surface area contributed by atoms with Crippen LogP contribution in [0, 0.1) is 27.1 Å². The molecule has 10 heterocycles. The fourth-order valence-corrected chi connectivity index (χ4v) is 32.3. The topological polar surface area (TPSA) is 283 Å². The average molecular weight is 2070 g/mol. The number of pyridine rings is 5. The fraction of sp³-hybridized carbons (Fsp3) is 0.656. The Hall–Kier alpha value is -5.10. The normalized spacial score (nSPS) is 19.1. The van der Waals surface area contributed by atoms with Gasteiger partial charge in [-0.1, -0.05) is 54.4 Å². The Morgan fingerprint density at radius 3 is 0.947 bits per heavy atom. The molecule has 20 nitrogen and oxygen atoms in total. The number of carbonyl (C=O) groups is 6. The van der Waals surface area contributed by atoms with Crippen molar-refractivity contribution in [2.75, 3.05) is 85.0 Å². The van der Waals surface area contributed by atoms with Crippen molar-refractivity contribution >= 4 is 132 Å². The third-order valence-corrected chi connectivity index (χ3v) is 47.0. The second-order valence-corrected chi connectivity index (χ2v) is 59.4. The van der Waals surface area contributed by atoms with Crippen molar-refractivity contribution in [3.63, 3.8) is 0 Å². The summed E-state index contributed by atoms with van der Waals surface area (Å²) >= 11 is 15.1. The van der Waals surface area contributed by atoms with Gasteiger partial charge in [-0.25, -0.2) is 29.7 Å². The molecule has 5 saturated carbocycles. The monoisotopic (exact) mass is 2070 g/mol. The van der Waals surface area contributed by atoms with Gasteiger partial charge in [0, 0.05) is 59.3 Å². The maximum absolute atomic E-state index is 13.1. The molecule has 5 aromatic heterocycles. The Balaban J connectivity index is 0.000000273. The summed E-state index contributed by atoms with van der Waals surface area (Å²) in [7, 11) is -2.86. The first-order chi connectivity index (χ1) is 60.1. The second kappa shape index (κ2) is 49.1. The van der Waals surface area contributed by atoms with Gasteiger partial charge < -0.3 is 45.7 Å². The number of rotatable bonds is 22. The van der Waals surface area contributed by atoms with Crippen LogP contribution in [0.15, 0.2) is 70.8 Å². The summed E-state index contributed by atoms with van der Waals surface area (Å²) in [4.78, 5) is 97.4. The molecule has 10 aliphatic rings. The Morgan fingerprint density at radius 1 is 0.424 bits per heavy atom. The molecule has 2 atom stereocenters. The van der Waals surface area contributed by atoms with E-state index in [-0.39, 0.29) is 98.7 Å². The van der Waals surface area contributed by atoms with Crippen LogP contribution < -0.4 is 54.5 Å². The minimum Gasteiger partial charge on any atom is -0.870 e. The number of carbonyl (C=O) groups excluding carboxylic acids is 5. The summed E-state index contributed by atoms with van der Waals surface area (Å²) < 4.78 is 120. The van der Waals surface area contributed by atoms with Crippen molar-refractivity contribution in [2.45, 2.75) is 305 Å². The van der Waals surface area contributed by atoms with E-state index in [2.05, 4.69) is 74.3 Å². The van der Waals surface area contributed by atoms with Crippen LogP contribution in [0.3, 0.4) is 0 Å². The summed E-state index contributed by atoms with van der Waals surface area (Å²) in [6, 6.07) is 14.4. The van der Waals surface area contributed by atoms with Gasteiger partial charge in [0.1, 0.15) is 50.0 Å². The molecule has 15 rings (SSSR count). The van der Waals surface area contributed by atoms with E-state index in [9.17, 15) is 83.6 Å². The zero-order chi connectivity index (χ0) is 95.9. The number of aromatic nitrogens is 5. The van der Waals surface area contributed by atoms with Crippen LogP contribution in [0.5, 0.6) is 0 Å². The van der Waals surface area contributed by atoms with Crippen molar-refractivity contribution < 1.29 is 119 Å². The maximum atomic E-state index is 13.1. The fourth-order valence-electron chi connectivity index (χ4n) is 17.1. The SMILES string of the molecule is C1CC2(CCN1)CC2.C=[C](C)[Sn]([CH2]CCC)([CH2]CCC)[CH2]CCC.CC(=O)c1ccc(C(C)(O)C(F)(F)F)nc1N1CCC2(CC1)CC2.CC(=O)c1ccc(C(C)=O)c(N2CCC3(CC2)CC3)n1.CC(=O)c1ccc(Cl)nc1Cl.CC(=O)c1ccc(Cl)nc1N1CCC2(CC1)CC2.CC(O)(c1ccc(C(=O)O)c(N2CCC3(CC2)CC3)n1)C(F)(F)F.C[Si](C)(C)C(F)(F)F.Cl.[Na+].[OH-]. The van der Waals surface area contributed by atoms with Gasteiger partial charge >= 0.3 is 162 Å². The first-order valence-electron chi connectivity index (χ1n) is 45.9. The van der Waals surface area contributed by atoms with Crippen molar-refractivity contribution in [1.29, 1.82) is 0 Å². The zero-order valence-electron chi connectivity index (χ0n) is 79.8. The van der Waals surface area contributed by atoms with E-state index in [1.165, 1.54) is 194 Å². The number of nitrogens with one attached hydrogen (secondary N) is 1.